The summed E-state index contributed by atoms with van der Waals surface area (Å²) in [7, 11) is 1.73. The van der Waals surface area contributed by atoms with E-state index < -0.39 is 0 Å². The number of methoxy groups -OCH3 is 1. The fourth-order valence-corrected chi connectivity index (χ4v) is 1.59. The van der Waals surface area contributed by atoms with Crippen LogP contribution >= 0.6 is 0 Å². The fraction of sp³-hybridized carbons (Fsp3) is 0.667. The Kier molecular flexibility index (Phi) is 6.28. The van der Waals surface area contributed by atoms with E-state index in [9.17, 15) is 0 Å². The van der Waals surface area contributed by atoms with Gasteiger partial charge < -0.3 is 4.74 Å². The smallest absolute Gasteiger partial charge is 0.243 e. The second-order valence-electron chi connectivity index (χ2n) is 3.85. The molecule has 0 saturated heterocycles. The summed E-state index contributed by atoms with van der Waals surface area (Å²) < 4.78 is 9.35. The minimum atomic E-state index is 0.662. The van der Waals surface area contributed by atoms with Crippen molar-refractivity contribution in [3.63, 3.8) is 0 Å². The van der Waals surface area contributed by atoms with Crippen molar-refractivity contribution in [2.75, 3.05) is 13.7 Å². The van der Waals surface area contributed by atoms with Gasteiger partial charge in [0.15, 0.2) is 0 Å². The molecule has 4 nitrogen and oxygen atoms in total. The van der Waals surface area contributed by atoms with Gasteiger partial charge in [-0.05, 0) is 12.8 Å². The van der Waals surface area contributed by atoms with E-state index >= 15 is 0 Å². The van der Waals surface area contributed by atoms with Crippen LogP contribution in [0.1, 0.15) is 25.7 Å². The highest BCUT2D eigenvalue weighted by Gasteiger charge is 2.02. The molecular formula is C12H20N3O+. The Morgan fingerprint density at radius 2 is 2.25 bits per heavy atom. The number of hydrogen-bond acceptors (Lipinski definition) is 2. The molecule has 0 amide bonds. The summed E-state index contributed by atoms with van der Waals surface area (Å²) in [5.74, 6) is 0. The molecule has 0 N–H and O–H groups in total. The molecule has 0 aliphatic heterocycles. The molecule has 0 aromatic carbocycles. The first kappa shape index (κ1) is 12.7. The van der Waals surface area contributed by atoms with Crippen molar-refractivity contribution in [1.82, 2.24) is 4.57 Å². The minimum absolute atomic E-state index is 0.662. The van der Waals surface area contributed by atoms with E-state index in [4.69, 9.17) is 10.00 Å². The lowest BCUT2D eigenvalue weighted by Crippen LogP contribution is -2.31. The number of nitriles is 1. The van der Waals surface area contributed by atoms with Crippen molar-refractivity contribution in [3.05, 3.63) is 18.7 Å². The number of hydrogen-bond donors (Lipinski definition) is 0. The number of aryl methyl sites for hydroxylation is 2. The van der Waals surface area contributed by atoms with Crippen LogP contribution in [0, 0.1) is 11.3 Å². The van der Waals surface area contributed by atoms with Gasteiger partial charge in [-0.3, -0.25) is 0 Å². The Bertz CT molecular complexity index is 327. The fourth-order valence-electron chi connectivity index (χ4n) is 1.59. The third kappa shape index (κ3) is 4.94. The Balaban J connectivity index is 2.20. The van der Waals surface area contributed by atoms with Crippen molar-refractivity contribution >= 4 is 0 Å². The summed E-state index contributed by atoms with van der Waals surface area (Å²) in [6.45, 7) is 2.80. The van der Waals surface area contributed by atoms with Crippen molar-refractivity contribution in [2.24, 2.45) is 0 Å². The van der Waals surface area contributed by atoms with E-state index in [1.807, 2.05) is 0 Å². The highest BCUT2D eigenvalue weighted by atomic mass is 16.5. The standard InChI is InChI=1S/C12H20N3O/c1-16-11-5-8-15-10-9-14(12-15)7-4-2-3-6-13/h9-10,12H,2-5,7-8,11H2,1H3/q+1. The highest BCUT2D eigenvalue weighted by molar-refractivity contribution is 4.70. The molecule has 0 radical (unpaired) electrons. The van der Waals surface area contributed by atoms with Crippen molar-refractivity contribution in [3.8, 4) is 6.07 Å². The Hall–Kier alpha value is -1.34. The molecule has 1 rings (SSSR count). The van der Waals surface area contributed by atoms with Crippen molar-refractivity contribution in [1.29, 1.82) is 5.26 Å². The normalized spacial score (nSPS) is 10.2. The van der Waals surface area contributed by atoms with Crippen LogP contribution in [0.3, 0.4) is 0 Å². The molecule has 1 aromatic rings. The average Bonchev–Trinajstić information content (AvgIpc) is 2.73. The number of nitrogens with zero attached hydrogens (tertiary/aromatic N) is 3. The lowest BCUT2D eigenvalue weighted by atomic mass is 10.2. The maximum atomic E-state index is 8.42. The quantitative estimate of drug-likeness (QED) is 0.494. The van der Waals surface area contributed by atoms with Gasteiger partial charge in [-0.15, -0.1) is 0 Å². The van der Waals surface area contributed by atoms with Gasteiger partial charge in [-0.25, -0.2) is 9.13 Å². The Labute approximate surface area is 97.1 Å². The molecule has 0 saturated carbocycles. The Morgan fingerprint density at radius 1 is 1.38 bits per heavy atom. The van der Waals surface area contributed by atoms with Crippen LogP contribution in [-0.2, 0) is 17.8 Å². The SMILES string of the molecule is COCCC[n+]1ccn(CCCCC#N)c1. The van der Waals surface area contributed by atoms with Gasteiger partial charge in [0.2, 0.25) is 6.33 Å². The summed E-state index contributed by atoms with van der Waals surface area (Å²) in [5, 5.41) is 8.42. The molecule has 0 atom stereocenters. The number of aromatic nitrogens is 2. The van der Waals surface area contributed by atoms with E-state index in [1.54, 1.807) is 7.11 Å². The predicted molar refractivity (Wildman–Crippen MR) is 60.6 cm³/mol. The third-order valence-electron chi connectivity index (χ3n) is 2.47. The zero-order valence-electron chi connectivity index (χ0n) is 9.93. The van der Waals surface area contributed by atoms with Crippen LogP contribution in [0.5, 0.6) is 0 Å². The predicted octanol–water partition coefficient (Wildman–Crippen LogP) is 1.51. The van der Waals surface area contributed by atoms with Crippen molar-refractivity contribution in [2.45, 2.75) is 38.8 Å². The van der Waals surface area contributed by atoms with Gasteiger partial charge in [0, 0.05) is 26.6 Å². The molecule has 4 heteroatoms. The van der Waals surface area contributed by atoms with Crippen LogP contribution in [0.15, 0.2) is 18.7 Å². The van der Waals surface area contributed by atoms with Gasteiger partial charge in [0.05, 0.1) is 19.2 Å². The highest BCUT2D eigenvalue weighted by Crippen LogP contribution is 1.97. The van der Waals surface area contributed by atoms with E-state index in [2.05, 4.69) is 33.9 Å². The van der Waals surface area contributed by atoms with E-state index in [0.717, 1.165) is 39.0 Å². The van der Waals surface area contributed by atoms with Crippen LogP contribution < -0.4 is 4.57 Å². The molecule has 0 unspecified atom stereocenters. The van der Waals surface area contributed by atoms with E-state index in [-0.39, 0.29) is 0 Å². The molecule has 0 fully saturated rings. The van der Waals surface area contributed by atoms with Crippen molar-refractivity contribution < 1.29 is 9.30 Å². The maximum Gasteiger partial charge on any atom is 0.243 e. The summed E-state index contributed by atoms with van der Waals surface area (Å²) in [5.41, 5.74) is 0. The van der Waals surface area contributed by atoms with E-state index in [1.165, 1.54) is 0 Å². The minimum Gasteiger partial charge on any atom is -0.385 e. The largest absolute Gasteiger partial charge is 0.385 e. The molecule has 0 spiro atoms. The molecule has 1 aromatic heterocycles. The summed E-state index contributed by atoms with van der Waals surface area (Å²) >= 11 is 0. The number of ether oxygens (including phenoxy) is 1. The molecule has 16 heavy (non-hydrogen) atoms. The van der Waals surface area contributed by atoms with Crippen LogP contribution in [0.2, 0.25) is 0 Å². The van der Waals surface area contributed by atoms with Gasteiger partial charge in [0.25, 0.3) is 0 Å². The van der Waals surface area contributed by atoms with Crippen LogP contribution in [0.25, 0.3) is 0 Å². The lowest BCUT2D eigenvalue weighted by Gasteiger charge is -1.96. The molecule has 0 aliphatic carbocycles. The zero-order chi connectivity index (χ0) is 11.6. The molecular weight excluding hydrogens is 202 g/mol. The second kappa shape index (κ2) is 7.89. The monoisotopic (exact) mass is 222 g/mol. The van der Waals surface area contributed by atoms with Gasteiger partial charge in [0.1, 0.15) is 12.4 Å². The molecule has 88 valence electrons. The number of unbranched alkanes of at least 4 members (excludes halogenated alkanes) is 2. The van der Waals surface area contributed by atoms with Gasteiger partial charge in [-0.2, -0.15) is 5.26 Å². The van der Waals surface area contributed by atoms with Crippen LogP contribution in [0.4, 0.5) is 0 Å². The molecule has 0 bridgehead atoms. The molecule has 1 heterocycles. The Morgan fingerprint density at radius 3 is 3.00 bits per heavy atom. The summed E-state index contributed by atoms with van der Waals surface area (Å²) in [6, 6.07) is 2.17. The summed E-state index contributed by atoms with van der Waals surface area (Å²) in [6.07, 6.45) is 10.0. The first-order chi connectivity index (χ1) is 7.86. The maximum absolute atomic E-state index is 8.42. The summed E-state index contributed by atoms with van der Waals surface area (Å²) in [4.78, 5) is 0. The van der Waals surface area contributed by atoms with E-state index in [0.29, 0.717) is 6.42 Å². The third-order valence-corrected chi connectivity index (χ3v) is 2.47. The van der Waals surface area contributed by atoms with Gasteiger partial charge in [-0.1, -0.05) is 0 Å². The topological polar surface area (TPSA) is 41.8 Å². The zero-order valence-corrected chi connectivity index (χ0v) is 9.93. The van der Waals surface area contributed by atoms with Gasteiger partial charge >= 0.3 is 0 Å². The number of imidazole rings is 1. The van der Waals surface area contributed by atoms with Crippen LogP contribution in [-0.4, -0.2) is 18.3 Å². The average molecular weight is 222 g/mol. The first-order valence-electron chi connectivity index (χ1n) is 5.77. The number of rotatable bonds is 8. The lowest BCUT2D eigenvalue weighted by molar-refractivity contribution is -0.697. The molecule has 0 aliphatic rings. The first-order valence-corrected chi connectivity index (χ1v) is 5.77. The second-order valence-corrected chi connectivity index (χ2v) is 3.85.